The van der Waals surface area contributed by atoms with Gasteiger partial charge in [0.05, 0.1) is 23.8 Å². The number of carbonyl (C=O) groups excluding carboxylic acids is 2. The standard InChI is InChI=1S/C17H14N2O3/c1-22-17(21)12-5-2-6-13(10-12)19-16(20)14-7-3-4-11-8-9-18-15(11)14/h2-10,18H,1H3,(H,19,20). The van der Waals surface area contributed by atoms with Crippen LogP contribution in [0.15, 0.2) is 54.7 Å². The zero-order valence-corrected chi connectivity index (χ0v) is 11.9. The molecule has 0 aliphatic rings. The van der Waals surface area contributed by atoms with E-state index in [0.29, 0.717) is 16.8 Å². The van der Waals surface area contributed by atoms with Gasteiger partial charge in [0.2, 0.25) is 0 Å². The molecule has 0 spiro atoms. The summed E-state index contributed by atoms with van der Waals surface area (Å²) in [6, 6.07) is 14.0. The van der Waals surface area contributed by atoms with Crippen molar-refractivity contribution in [2.45, 2.75) is 0 Å². The van der Waals surface area contributed by atoms with Gasteiger partial charge in [-0.05, 0) is 30.3 Å². The minimum atomic E-state index is -0.442. The first-order chi connectivity index (χ1) is 10.7. The number of H-pyrrole nitrogens is 1. The summed E-state index contributed by atoms with van der Waals surface area (Å²) in [6.45, 7) is 0. The second-order valence-electron chi connectivity index (χ2n) is 4.77. The van der Waals surface area contributed by atoms with Crippen LogP contribution in [0.5, 0.6) is 0 Å². The molecule has 1 aromatic heterocycles. The first-order valence-electron chi connectivity index (χ1n) is 6.75. The Labute approximate surface area is 126 Å². The molecule has 5 heteroatoms. The SMILES string of the molecule is COC(=O)c1cccc(NC(=O)c2cccc3cc[nH]c23)c1. The molecule has 3 aromatic rings. The van der Waals surface area contributed by atoms with E-state index in [1.54, 1.807) is 36.5 Å². The summed E-state index contributed by atoms with van der Waals surface area (Å²) in [5, 5.41) is 3.76. The molecule has 2 aromatic carbocycles. The van der Waals surface area contributed by atoms with Crippen LogP contribution in [0.25, 0.3) is 10.9 Å². The van der Waals surface area contributed by atoms with Crippen molar-refractivity contribution in [1.29, 1.82) is 0 Å². The van der Waals surface area contributed by atoms with Gasteiger partial charge in [-0.15, -0.1) is 0 Å². The van der Waals surface area contributed by atoms with E-state index in [9.17, 15) is 9.59 Å². The molecule has 0 fully saturated rings. The molecule has 22 heavy (non-hydrogen) atoms. The Morgan fingerprint density at radius 1 is 1.09 bits per heavy atom. The molecule has 3 rings (SSSR count). The first kappa shape index (κ1) is 13.9. The summed E-state index contributed by atoms with van der Waals surface area (Å²) in [4.78, 5) is 27.0. The van der Waals surface area contributed by atoms with Crippen molar-refractivity contribution in [2.75, 3.05) is 12.4 Å². The number of esters is 1. The van der Waals surface area contributed by atoms with Crippen molar-refractivity contribution in [3.63, 3.8) is 0 Å². The van der Waals surface area contributed by atoms with Gasteiger partial charge in [-0.3, -0.25) is 4.79 Å². The van der Waals surface area contributed by atoms with Crippen molar-refractivity contribution in [3.05, 3.63) is 65.9 Å². The molecular formula is C17H14N2O3. The summed E-state index contributed by atoms with van der Waals surface area (Å²) < 4.78 is 4.67. The molecule has 5 nitrogen and oxygen atoms in total. The Balaban J connectivity index is 1.88. The largest absolute Gasteiger partial charge is 0.465 e. The summed E-state index contributed by atoms with van der Waals surface area (Å²) in [5.41, 5.74) is 2.25. The number of carbonyl (C=O) groups is 2. The highest BCUT2D eigenvalue weighted by Gasteiger charge is 2.12. The number of aromatic nitrogens is 1. The number of nitrogens with one attached hydrogen (secondary N) is 2. The smallest absolute Gasteiger partial charge is 0.337 e. The minimum Gasteiger partial charge on any atom is -0.465 e. The lowest BCUT2D eigenvalue weighted by Crippen LogP contribution is -2.13. The molecular weight excluding hydrogens is 280 g/mol. The van der Waals surface area contributed by atoms with E-state index in [1.807, 2.05) is 18.2 Å². The maximum Gasteiger partial charge on any atom is 0.337 e. The number of amides is 1. The predicted molar refractivity (Wildman–Crippen MR) is 84.0 cm³/mol. The lowest BCUT2D eigenvalue weighted by atomic mass is 10.1. The lowest BCUT2D eigenvalue weighted by molar-refractivity contribution is 0.0600. The van der Waals surface area contributed by atoms with Crippen molar-refractivity contribution in [2.24, 2.45) is 0 Å². The Kier molecular flexibility index (Phi) is 3.62. The van der Waals surface area contributed by atoms with Crippen LogP contribution in [0.3, 0.4) is 0 Å². The van der Waals surface area contributed by atoms with Gasteiger partial charge >= 0.3 is 5.97 Å². The molecule has 0 bridgehead atoms. The number of fused-ring (bicyclic) bond motifs is 1. The van der Waals surface area contributed by atoms with Gasteiger partial charge in [-0.2, -0.15) is 0 Å². The molecule has 0 aliphatic carbocycles. The van der Waals surface area contributed by atoms with Crippen LogP contribution in [0, 0.1) is 0 Å². The van der Waals surface area contributed by atoms with Gasteiger partial charge in [0.15, 0.2) is 0 Å². The molecule has 1 heterocycles. The Bertz CT molecular complexity index is 852. The van der Waals surface area contributed by atoms with E-state index in [-0.39, 0.29) is 5.91 Å². The normalized spacial score (nSPS) is 10.4. The Morgan fingerprint density at radius 2 is 1.91 bits per heavy atom. The zero-order chi connectivity index (χ0) is 15.5. The highest BCUT2D eigenvalue weighted by atomic mass is 16.5. The topological polar surface area (TPSA) is 71.2 Å². The van der Waals surface area contributed by atoms with Crippen LogP contribution >= 0.6 is 0 Å². The van der Waals surface area contributed by atoms with Crippen molar-refractivity contribution in [3.8, 4) is 0 Å². The number of ether oxygens (including phenoxy) is 1. The minimum absolute atomic E-state index is 0.241. The fourth-order valence-corrected chi connectivity index (χ4v) is 2.31. The van der Waals surface area contributed by atoms with Gasteiger partial charge in [-0.1, -0.05) is 18.2 Å². The fourth-order valence-electron chi connectivity index (χ4n) is 2.31. The summed E-state index contributed by atoms with van der Waals surface area (Å²) in [5.74, 6) is -0.683. The van der Waals surface area contributed by atoms with E-state index < -0.39 is 5.97 Å². The van der Waals surface area contributed by atoms with Crippen LogP contribution in [-0.2, 0) is 4.74 Å². The average Bonchev–Trinajstić information content (AvgIpc) is 3.02. The van der Waals surface area contributed by atoms with E-state index in [0.717, 1.165) is 10.9 Å². The fraction of sp³-hybridized carbons (Fsp3) is 0.0588. The predicted octanol–water partition coefficient (Wildman–Crippen LogP) is 3.21. The van der Waals surface area contributed by atoms with Crippen LogP contribution < -0.4 is 5.32 Å². The van der Waals surface area contributed by atoms with Gasteiger partial charge in [-0.25, -0.2) is 4.79 Å². The van der Waals surface area contributed by atoms with Gasteiger partial charge < -0.3 is 15.0 Å². The summed E-state index contributed by atoms with van der Waals surface area (Å²) in [7, 11) is 1.32. The number of rotatable bonds is 3. The maximum absolute atomic E-state index is 12.4. The van der Waals surface area contributed by atoms with Gasteiger partial charge in [0, 0.05) is 17.3 Å². The highest BCUT2D eigenvalue weighted by Crippen LogP contribution is 2.19. The molecule has 110 valence electrons. The lowest BCUT2D eigenvalue weighted by Gasteiger charge is -2.07. The number of hydrogen-bond acceptors (Lipinski definition) is 3. The van der Waals surface area contributed by atoms with Crippen LogP contribution in [0.1, 0.15) is 20.7 Å². The number of aromatic amines is 1. The van der Waals surface area contributed by atoms with E-state index in [4.69, 9.17) is 0 Å². The van der Waals surface area contributed by atoms with E-state index in [2.05, 4.69) is 15.0 Å². The molecule has 2 N–H and O–H groups in total. The van der Waals surface area contributed by atoms with Crippen molar-refractivity contribution < 1.29 is 14.3 Å². The Hall–Kier alpha value is -3.08. The summed E-state index contributed by atoms with van der Waals surface area (Å²) in [6.07, 6.45) is 1.79. The third-order valence-electron chi connectivity index (χ3n) is 3.37. The zero-order valence-electron chi connectivity index (χ0n) is 11.9. The monoisotopic (exact) mass is 294 g/mol. The first-order valence-corrected chi connectivity index (χ1v) is 6.75. The Morgan fingerprint density at radius 3 is 2.73 bits per heavy atom. The number of hydrogen-bond donors (Lipinski definition) is 2. The number of benzene rings is 2. The van der Waals surface area contributed by atoms with E-state index >= 15 is 0 Å². The average molecular weight is 294 g/mol. The van der Waals surface area contributed by atoms with Crippen molar-refractivity contribution >= 4 is 28.5 Å². The number of anilines is 1. The second kappa shape index (κ2) is 5.73. The van der Waals surface area contributed by atoms with Gasteiger partial charge in [0.25, 0.3) is 5.91 Å². The molecule has 0 atom stereocenters. The van der Waals surface area contributed by atoms with Crippen LogP contribution in [0.4, 0.5) is 5.69 Å². The third kappa shape index (κ3) is 2.56. The van der Waals surface area contributed by atoms with Crippen LogP contribution in [0.2, 0.25) is 0 Å². The van der Waals surface area contributed by atoms with Gasteiger partial charge in [0.1, 0.15) is 0 Å². The third-order valence-corrected chi connectivity index (χ3v) is 3.37. The molecule has 0 unspecified atom stereocenters. The second-order valence-corrected chi connectivity index (χ2v) is 4.77. The summed E-state index contributed by atoms with van der Waals surface area (Å²) >= 11 is 0. The van der Waals surface area contributed by atoms with Crippen molar-refractivity contribution in [1.82, 2.24) is 4.98 Å². The molecule has 1 amide bonds. The molecule has 0 aliphatic heterocycles. The number of methoxy groups -OCH3 is 1. The highest BCUT2D eigenvalue weighted by molar-refractivity contribution is 6.12. The quantitative estimate of drug-likeness (QED) is 0.729. The van der Waals surface area contributed by atoms with E-state index in [1.165, 1.54) is 7.11 Å². The maximum atomic E-state index is 12.4. The van der Waals surface area contributed by atoms with Crippen LogP contribution in [-0.4, -0.2) is 24.0 Å². The number of para-hydroxylation sites is 1. The molecule has 0 saturated carbocycles. The molecule has 0 radical (unpaired) electrons. The molecule has 0 saturated heterocycles.